The molecule has 0 radical (unpaired) electrons. The zero-order valence-corrected chi connectivity index (χ0v) is 9.68. The largest absolute Gasteiger partial charge is 0.449 e. The van der Waals surface area contributed by atoms with E-state index in [2.05, 4.69) is 4.98 Å². The minimum absolute atomic E-state index is 0.111. The van der Waals surface area contributed by atoms with Gasteiger partial charge in [-0.1, -0.05) is 12.1 Å². The Morgan fingerprint density at radius 1 is 1.21 bits per heavy atom. The van der Waals surface area contributed by atoms with Gasteiger partial charge in [-0.25, -0.2) is 9.37 Å². The predicted molar refractivity (Wildman–Crippen MR) is 60.0 cm³/mol. The number of alkyl halides is 3. The van der Waals surface area contributed by atoms with Crippen molar-refractivity contribution in [1.29, 1.82) is 0 Å². The normalized spacial score (nSPS) is 11.6. The molecule has 0 amide bonds. The second-order valence-electron chi connectivity index (χ2n) is 3.94. The lowest BCUT2D eigenvalue weighted by Gasteiger charge is -2.07. The summed E-state index contributed by atoms with van der Waals surface area (Å²) in [6.45, 7) is 1.52. The monoisotopic (exact) mass is 272 g/mol. The first-order valence-corrected chi connectivity index (χ1v) is 5.22. The summed E-state index contributed by atoms with van der Waals surface area (Å²) in [6.07, 6.45) is -4.77. The van der Waals surface area contributed by atoms with Crippen molar-refractivity contribution in [2.75, 3.05) is 0 Å². The smallest absolute Gasteiger partial charge is 0.303 e. The maximum atomic E-state index is 13.4. The highest BCUT2D eigenvalue weighted by molar-refractivity contribution is 5.59. The highest BCUT2D eigenvalue weighted by Crippen LogP contribution is 2.27. The minimum Gasteiger partial charge on any atom is -0.303 e. The molecule has 19 heavy (non-hydrogen) atoms. The van der Waals surface area contributed by atoms with E-state index in [0.29, 0.717) is 5.56 Å². The summed E-state index contributed by atoms with van der Waals surface area (Å²) in [5, 5.41) is 0. The standard InChI is InChI=1S/C12H8F4N2O/c1-6-2-3-7(4-8(6)13)9-5-10(19)18-11(17-9)12(14,15)16/h2-5H,1H3,(H,17,18,19). The van der Waals surface area contributed by atoms with Crippen LogP contribution in [0.1, 0.15) is 11.4 Å². The van der Waals surface area contributed by atoms with Crippen molar-refractivity contribution < 1.29 is 17.6 Å². The molecule has 0 unspecified atom stereocenters. The molecule has 1 N–H and O–H groups in total. The van der Waals surface area contributed by atoms with Gasteiger partial charge in [-0.05, 0) is 18.6 Å². The Morgan fingerprint density at radius 3 is 2.47 bits per heavy atom. The van der Waals surface area contributed by atoms with E-state index in [1.807, 2.05) is 0 Å². The average Bonchev–Trinajstić information content (AvgIpc) is 2.31. The third-order valence-corrected chi connectivity index (χ3v) is 2.48. The fourth-order valence-corrected chi connectivity index (χ4v) is 1.49. The van der Waals surface area contributed by atoms with Crippen LogP contribution in [-0.2, 0) is 6.18 Å². The molecule has 1 aromatic carbocycles. The average molecular weight is 272 g/mol. The minimum atomic E-state index is -4.77. The number of aromatic nitrogens is 2. The summed E-state index contributed by atoms with van der Waals surface area (Å²) in [5.74, 6) is -1.98. The Balaban J connectivity index is 2.59. The van der Waals surface area contributed by atoms with Gasteiger partial charge in [0.2, 0.25) is 5.82 Å². The van der Waals surface area contributed by atoms with Crippen LogP contribution in [0.25, 0.3) is 11.3 Å². The van der Waals surface area contributed by atoms with E-state index in [1.54, 1.807) is 4.98 Å². The van der Waals surface area contributed by atoms with E-state index >= 15 is 0 Å². The molecule has 0 saturated heterocycles. The maximum Gasteiger partial charge on any atom is 0.449 e. The first-order chi connectivity index (χ1) is 8.77. The van der Waals surface area contributed by atoms with E-state index in [-0.39, 0.29) is 11.3 Å². The lowest BCUT2D eigenvalue weighted by Crippen LogP contribution is -2.18. The molecule has 0 aliphatic carbocycles. The van der Waals surface area contributed by atoms with Gasteiger partial charge in [-0.2, -0.15) is 13.2 Å². The number of aromatic amines is 1. The Hall–Kier alpha value is -2.18. The number of hydrogen-bond acceptors (Lipinski definition) is 2. The summed E-state index contributed by atoms with van der Waals surface area (Å²) in [4.78, 5) is 16.1. The molecule has 0 fully saturated rings. The fourth-order valence-electron chi connectivity index (χ4n) is 1.49. The number of hydrogen-bond donors (Lipinski definition) is 1. The Kier molecular flexibility index (Phi) is 3.13. The summed E-state index contributed by atoms with van der Waals surface area (Å²) in [7, 11) is 0. The first kappa shape index (κ1) is 13.3. The molecule has 2 aromatic rings. The van der Waals surface area contributed by atoms with Gasteiger partial charge in [-0.15, -0.1) is 0 Å². The van der Waals surface area contributed by atoms with Gasteiger partial charge >= 0.3 is 6.18 Å². The van der Waals surface area contributed by atoms with Crippen LogP contribution in [0.2, 0.25) is 0 Å². The van der Waals surface area contributed by atoms with Gasteiger partial charge in [0.1, 0.15) is 5.82 Å². The van der Waals surface area contributed by atoms with Crippen LogP contribution in [0.3, 0.4) is 0 Å². The number of H-pyrrole nitrogens is 1. The highest BCUT2D eigenvalue weighted by atomic mass is 19.4. The molecule has 0 saturated carbocycles. The zero-order chi connectivity index (χ0) is 14.2. The predicted octanol–water partition coefficient (Wildman–Crippen LogP) is 2.90. The quantitative estimate of drug-likeness (QED) is 0.811. The Labute approximate surface area is 104 Å². The molecule has 1 aromatic heterocycles. The van der Waals surface area contributed by atoms with Crippen LogP contribution in [0.5, 0.6) is 0 Å². The number of halogens is 4. The second kappa shape index (κ2) is 4.49. The fraction of sp³-hybridized carbons (Fsp3) is 0.167. The van der Waals surface area contributed by atoms with Gasteiger partial charge in [0.05, 0.1) is 5.69 Å². The summed E-state index contributed by atoms with van der Waals surface area (Å²) in [5.41, 5.74) is -0.711. The summed E-state index contributed by atoms with van der Waals surface area (Å²) < 4.78 is 50.9. The van der Waals surface area contributed by atoms with Gasteiger partial charge in [0.25, 0.3) is 5.56 Å². The lowest BCUT2D eigenvalue weighted by molar-refractivity contribution is -0.145. The number of rotatable bonds is 1. The van der Waals surface area contributed by atoms with E-state index < -0.39 is 23.4 Å². The van der Waals surface area contributed by atoms with E-state index in [0.717, 1.165) is 12.1 Å². The van der Waals surface area contributed by atoms with Gasteiger partial charge in [-0.3, -0.25) is 4.79 Å². The SMILES string of the molecule is Cc1ccc(-c2cc(=O)[nH]c(C(F)(F)F)n2)cc1F. The molecule has 0 atom stereocenters. The van der Waals surface area contributed by atoms with Crippen molar-refractivity contribution in [3.05, 3.63) is 51.8 Å². The third-order valence-electron chi connectivity index (χ3n) is 2.48. The number of benzene rings is 1. The molecule has 0 aliphatic heterocycles. The van der Waals surface area contributed by atoms with Crippen LogP contribution in [0.4, 0.5) is 17.6 Å². The van der Waals surface area contributed by atoms with E-state index in [4.69, 9.17) is 0 Å². The van der Waals surface area contributed by atoms with Gasteiger partial charge in [0, 0.05) is 11.6 Å². The van der Waals surface area contributed by atoms with Crippen LogP contribution >= 0.6 is 0 Å². The van der Waals surface area contributed by atoms with Crippen molar-refractivity contribution in [3.8, 4) is 11.3 Å². The topological polar surface area (TPSA) is 45.8 Å². The van der Waals surface area contributed by atoms with Crippen molar-refractivity contribution in [2.24, 2.45) is 0 Å². The lowest BCUT2D eigenvalue weighted by atomic mass is 10.1. The third kappa shape index (κ3) is 2.81. The molecule has 0 spiro atoms. The Morgan fingerprint density at radius 2 is 1.89 bits per heavy atom. The van der Waals surface area contributed by atoms with Gasteiger partial charge < -0.3 is 4.98 Å². The van der Waals surface area contributed by atoms with Crippen molar-refractivity contribution in [2.45, 2.75) is 13.1 Å². The van der Waals surface area contributed by atoms with Crippen molar-refractivity contribution in [3.63, 3.8) is 0 Å². The first-order valence-electron chi connectivity index (χ1n) is 5.22. The van der Waals surface area contributed by atoms with E-state index in [9.17, 15) is 22.4 Å². The van der Waals surface area contributed by atoms with Crippen LogP contribution in [0.15, 0.2) is 29.1 Å². The summed E-state index contributed by atoms with van der Waals surface area (Å²) >= 11 is 0. The van der Waals surface area contributed by atoms with E-state index in [1.165, 1.54) is 19.1 Å². The molecule has 0 bridgehead atoms. The summed E-state index contributed by atoms with van der Waals surface area (Å²) in [6, 6.07) is 4.73. The highest BCUT2D eigenvalue weighted by Gasteiger charge is 2.34. The second-order valence-corrected chi connectivity index (χ2v) is 3.94. The zero-order valence-electron chi connectivity index (χ0n) is 9.68. The molecule has 1 heterocycles. The van der Waals surface area contributed by atoms with Crippen LogP contribution in [-0.4, -0.2) is 9.97 Å². The molecule has 2 rings (SSSR count). The van der Waals surface area contributed by atoms with Gasteiger partial charge in [0.15, 0.2) is 0 Å². The van der Waals surface area contributed by atoms with Crippen molar-refractivity contribution in [1.82, 2.24) is 9.97 Å². The molecule has 100 valence electrons. The van der Waals surface area contributed by atoms with Crippen LogP contribution in [0, 0.1) is 12.7 Å². The molecular formula is C12H8F4N2O. The number of nitrogens with one attached hydrogen (secondary N) is 1. The van der Waals surface area contributed by atoms with Crippen LogP contribution < -0.4 is 5.56 Å². The molecule has 3 nitrogen and oxygen atoms in total. The number of nitrogens with zero attached hydrogens (tertiary/aromatic N) is 1. The maximum absolute atomic E-state index is 13.4. The van der Waals surface area contributed by atoms with Crippen molar-refractivity contribution >= 4 is 0 Å². The number of aryl methyl sites for hydroxylation is 1. The molecular weight excluding hydrogens is 264 g/mol. The Bertz CT molecular complexity index is 676. The molecule has 0 aliphatic rings. The molecule has 7 heteroatoms.